The summed E-state index contributed by atoms with van der Waals surface area (Å²) >= 11 is 4.66. The molecule has 0 aliphatic carbocycles. The van der Waals surface area contributed by atoms with Gasteiger partial charge in [-0.25, -0.2) is 9.18 Å². The second-order valence-corrected chi connectivity index (χ2v) is 7.93. The van der Waals surface area contributed by atoms with Crippen LogP contribution in [-0.2, 0) is 27.3 Å². The normalized spacial score (nSPS) is 15.2. The van der Waals surface area contributed by atoms with Crippen LogP contribution in [-0.4, -0.2) is 30.5 Å². The van der Waals surface area contributed by atoms with Gasteiger partial charge in [0.25, 0.3) is 0 Å². The molecule has 2 aromatic rings. The quantitative estimate of drug-likeness (QED) is 0.674. The number of ether oxygens (including phenoxy) is 2. The fourth-order valence-electron chi connectivity index (χ4n) is 3.05. The monoisotopic (exact) mass is 441 g/mol. The van der Waals surface area contributed by atoms with Crippen molar-refractivity contribution in [2.24, 2.45) is 0 Å². The molecule has 0 fully saturated rings. The molecular formula is C18H17BrFNO4S. The van der Waals surface area contributed by atoms with Crippen LogP contribution >= 0.6 is 27.3 Å². The number of carbonyl (C=O) groups excluding carboxylic acids is 2. The Bertz CT molecular complexity index is 854. The molecule has 0 saturated carbocycles. The van der Waals surface area contributed by atoms with Gasteiger partial charge in [-0.1, -0.05) is 22.0 Å². The molecule has 0 amide bonds. The van der Waals surface area contributed by atoms with Gasteiger partial charge < -0.3 is 9.47 Å². The van der Waals surface area contributed by atoms with Crippen molar-refractivity contribution < 1.29 is 23.5 Å². The molecule has 0 bridgehead atoms. The molecule has 2 heterocycles. The molecule has 1 aromatic heterocycles. The smallest absolute Gasteiger partial charge is 0.327 e. The summed E-state index contributed by atoms with van der Waals surface area (Å²) < 4.78 is 25.2. The Morgan fingerprint density at radius 3 is 2.77 bits per heavy atom. The van der Waals surface area contributed by atoms with Gasteiger partial charge in [0.15, 0.2) is 5.06 Å². The maximum Gasteiger partial charge on any atom is 0.327 e. The molecule has 138 valence electrons. The molecule has 3 rings (SSSR count). The third-order valence-corrected chi connectivity index (χ3v) is 5.77. The predicted octanol–water partition coefficient (Wildman–Crippen LogP) is 3.85. The van der Waals surface area contributed by atoms with Crippen LogP contribution < -0.4 is 4.74 Å². The van der Waals surface area contributed by atoms with Crippen LogP contribution in [0.3, 0.4) is 0 Å². The lowest BCUT2D eigenvalue weighted by Gasteiger charge is -2.33. The second kappa shape index (κ2) is 7.85. The van der Waals surface area contributed by atoms with Crippen molar-refractivity contribution in [3.8, 4) is 5.06 Å². The zero-order valence-electron chi connectivity index (χ0n) is 14.3. The number of benzene rings is 1. The van der Waals surface area contributed by atoms with Crippen molar-refractivity contribution >= 4 is 39.2 Å². The number of rotatable bonds is 4. The van der Waals surface area contributed by atoms with Crippen LogP contribution in [0.5, 0.6) is 5.06 Å². The number of hydrogen-bond donors (Lipinski definition) is 0. The minimum Gasteiger partial charge on any atom is -0.468 e. The summed E-state index contributed by atoms with van der Waals surface area (Å²) in [5.41, 5.74) is 1.25. The first-order valence-corrected chi connectivity index (χ1v) is 9.57. The van der Waals surface area contributed by atoms with Gasteiger partial charge in [-0.05, 0) is 30.2 Å². The summed E-state index contributed by atoms with van der Waals surface area (Å²) in [6.07, 6.45) is 0.687. The van der Waals surface area contributed by atoms with Gasteiger partial charge in [0.2, 0.25) is 0 Å². The standard InChI is InChI=1S/C18H17BrFNO4S/c1-10(22)25-16-7-11-9-21(6-5-15(11)26-16)17(18(23)24-2)13-4-3-12(19)8-14(13)20/h3-4,7-8,17H,5-6,9H2,1-2H3. The Balaban J connectivity index is 1.90. The van der Waals surface area contributed by atoms with E-state index in [1.165, 1.54) is 31.4 Å². The van der Waals surface area contributed by atoms with Crippen molar-refractivity contribution in [3.63, 3.8) is 0 Å². The van der Waals surface area contributed by atoms with E-state index in [9.17, 15) is 14.0 Å². The topological polar surface area (TPSA) is 55.8 Å². The SMILES string of the molecule is COC(=O)C(c1ccc(Br)cc1F)N1CCc2sc(OC(C)=O)cc2C1. The van der Waals surface area contributed by atoms with Crippen LogP contribution in [0.2, 0.25) is 0 Å². The summed E-state index contributed by atoms with van der Waals surface area (Å²) in [6.45, 7) is 2.37. The highest BCUT2D eigenvalue weighted by Gasteiger charge is 2.34. The Kier molecular flexibility index (Phi) is 5.74. The second-order valence-electron chi connectivity index (χ2n) is 5.92. The minimum absolute atomic E-state index is 0.277. The third kappa shape index (κ3) is 3.97. The first kappa shape index (κ1) is 19.0. The number of nitrogens with zero attached hydrogens (tertiary/aromatic N) is 1. The van der Waals surface area contributed by atoms with E-state index in [-0.39, 0.29) is 11.5 Å². The highest BCUT2D eigenvalue weighted by Crippen LogP contribution is 2.37. The lowest BCUT2D eigenvalue weighted by atomic mass is 10.0. The third-order valence-electron chi connectivity index (χ3n) is 4.16. The van der Waals surface area contributed by atoms with E-state index >= 15 is 0 Å². The molecule has 1 atom stereocenters. The van der Waals surface area contributed by atoms with E-state index in [0.717, 1.165) is 10.4 Å². The summed E-state index contributed by atoms with van der Waals surface area (Å²) in [6, 6.07) is 5.60. The van der Waals surface area contributed by atoms with Crippen LogP contribution in [0.15, 0.2) is 28.7 Å². The Hall–Kier alpha value is -1.77. The zero-order valence-corrected chi connectivity index (χ0v) is 16.7. The molecule has 0 N–H and O–H groups in total. The number of carbonyl (C=O) groups is 2. The Morgan fingerprint density at radius 1 is 1.35 bits per heavy atom. The summed E-state index contributed by atoms with van der Waals surface area (Å²) in [5, 5.41) is 0.536. The Labute approximate surface area is 162 Å². The van der Waals surface area contributed by atoms with E-state index in [1.807, 2.05) is 4.90 Å². The molecule has 0 saturated heterocycles. The molecule has 8 heteroatoms. The Morgan fingerprint density at radius 2 is 2.12 bits per heavy atom. The largest absolute Gasteiger partial charge is 0.468 e. The molecule has 1 unspecified atom stereocenters. The maximum absolute atomic E-state index is 14.5. The van der Waals surface area contributed by atoms with E-state index < -0.39 is 17.8 Å². The highest BCUT2D eigenvalue weighted by atomic mass is 79.9. The van der Waals surface area contributed by atoms with Gasteiger partial charge in [-0.3, -0.25) is 9.69 Å². The van der Waals surface area contributed by atoms with E-state index in [0.29, 0.717) is 29.0 Å². The molecule has 1 aliphatic heterocycles. The molecule has 0 spiro atoms. The first-order chi connectivity index (χ1) is 12.4. The van der Waals surface area contributed by atoms with Crippen LogP contribution in [0.4, 0.5) is 4.39 Å². The number of esters is 2. The number of methoxy groups -OCH3 is 1. The number of halogens is 2. The average Bonchev–Trinajstić information content (AvgIpc) is 2.97. The van der Waals surface area contributed by atoms with Gasteiger partial charge in [0.1, 0.15) is 11.9 Å². The fourth-order valence-corrected chi connectivity index (χ4v) is 4.43. The van der Waals surface area contributed by atoms with Gasteiger partial charge >= 0.3 is 11.9 Å². The molecule has 1 aliphatic rings. The average molecular weight is 442 g/mol. The lowest BCUT2D eigenvalue weighted by Crippen LogP contribution is -2.38. The van der Waals surface area contributed by atoms with Crippen molar-refractivity contribution in [3.05, 3.63) is 50.6 Å². The van der Waals surface area contributed by atoms with Gasteiger partial charge in [0.05, 0.1) is 7.11 Å². The summed E-state index contributed by atoms with van der Waals surface area (Å²) in [7, 11) is 1.30. The fraction of sp³-hybridized carbons (Fsp3) is 0.333. The number of fused-ring (bicyclic) bond motifs is 1. The molecular weight excluding hydrogens is 425 g/mol. The van der Waals surface area contributed by atoms with Gasteiger partial charge in [-0.15, -0.1) is 11.3 Å². The van der Waals surface area contributed by atoms with Crippen LogP contribution in [0, 0.1) is 5.82 Å². The van der Waals surface area contributed by atoms with Gasteiger partial charge in [0, 0.05) is 34.9 Å². The highest BCUT2D eigenvalue weighted by molar-refractivity contribution is 9.10. The molecule has 1 aromatic carbocycles. The van der Waals surface area contributed by atoms with Crippen molar-refractivity contribution in [2.75, 3.05) is 13.7 Å². The van der Waals surface area contributed by atoms with Crippen LogP contribution in [0.1, 0.15) is 29.0 Å². The number of thiophene rings is 1. The van der Waals surface area contributed by atoms with Crippen LogP contribution in [0.25, 0.3) is 0 Å². The molecule has 5 nitrogen and oxygen atoms in total. The van der Waals surface area contributed by atoms with E-state index in [1.54, 1.807) is 18.2 Å². The maximum atomic E-state index is 14.5. The number of hydrogen-bond acceptors (Lipinski definition) is 6. The van der Waals surface area contributed by atoms with E-state index in [4.69, 9.17) is 9.47 Å². The minimum atomic E-state index is -0.835. The van der Waals surface area contributed by atoms with Crippen molar-refractivity contribution in [1.82, 2.24) is 4.90 Å². The lowest BCUT2D eigenvalue weighted by molar-refractivity contribution is -0.148. The van der Waals surface area contributed by atoms with Crippen molar-refractivity contribution in [1.29, 1.82) is 0 Å². The molecule has 26 heavy (non-hydrogen) atoms. The summed E-state index contributed by atoms with van der Waals surface area (Å²) in [4.78, 5) is 26.5. The summed E-state index contributed by atoms with van der Waals surface area (Å²) in [5.74, 6) is -1.35. The molecule has 0 radical (unpaired) electrons. The first-order valence-electron chi connectivity index (χ1n) is 7.96. The van der Waals surface area contributed by atoms with Gasteiger partial charge in [-0.2, -0.15) is 0 Å². The van der Waals surface area contributed by atoms with E-state index in [2.05, 4.69) is 15.9 Å². The predicted molar refractivity (Wildman–Crippen MR) is 98.6 cm³/mol. The van der Waals surface area contributed by atoms with Crippen molar-refractivity contribution in [2.45, 2.75) is 25.9 Å². The zero-order chi connectivity index (χ0) is 18.8.